The van der Waals surface area contributed by atoms with Crippen LogP contribution >= 0.6 is 11.6 Å². The maximum absolute atomic E-state index is 6.06. The van der Waals surface area contributed by atoms with Crippen molar-refractivity contribution in [2.24, 2.45) is 0 Å². The molecular weight excluding hydrogens is 344 g/mol. The topological polar surface area (TPSA) is 24.5 Å². The van der Waals surface area contributed by atoms with Gasteiger partial charge in [-0.1, -0.05) is 54.1 Å². The molecule has 26 heavy (non-hydrogen) atoms. The van der Waals surface area contributed by atoms with Crippen LogP contribution in [-0.2, 0) is 4.74 Å². The van der Waals surface area contributed by atoms with E-state index >= 15 is 0 Å². The van der Waals surface area contributed by atoms with E-state index in [9.17, 15) is 0 Å². The molecule has 4 heteroatoms. The van der Waals surface area contributed by atoms with Gasteiger partial charge in [0, 0.05) is 24.0 Å². The van der Waals surface area contributed by atoms with Crippen molar-refractivity contribution in [3.05, 3.63) is 70.7 Å². The number of hydrogen-bond acceptors (Lipinski definition) is 3. The molecule has 1 aliphatic heterocycles. The summed E-state index contributed by atoms with van der Waals surface area (Å²) in [5, 5.41) is 4.42. The van der Waals surface area contributed by atoms with E-state index in [1.165, 1.54) is 17.5 Å². The van der Waals surface area contributed by atoms with Crippen LogP contribution in [0.1, 0.15) is 29.9 Å². The van der Waals surface area contributed by atoms with Crippen LogP contribution in [0.15, 0.2) is 54.6 Å². The molecule has 2 aromatic rings. The van der Waals surface area contributed by atoms with Crippen LogP contribution in [-0.4, -0.2) is 50.8 Å². The minimum atomic E-state index is 0.403. The molecule has 0 spiro atoms. The average Bonchev–Trinajstić information content (AvgIpc) is 2.70. The second kappa shape index (κ2) is 10.7. The van der Waals surface area contributed by atoms with Gasteiger partial charge in [0.25, 0.3) is 0 Å². The van der Waals surface area contributed by atoms with Crippen LogP contribution < -0.4 is 5.32 Å². The molecule has 3 nitrogen and oxygen atoms in total. The van der Waals surface area contributed by atoms with Gasteiger partial charge in [0.2, 0.25) is 0 Å². The first-order valence-electron chi connectivity index (χ1n) is 9.64. The molecule has 1 heterocycles. The summed E-state index contributed by atoms with van der Waals surface area (Å²) >= 11 is 6.06. The molecule has 0 unspecified atom stereocenters. The molecule has 3 rings (SSSR count). The third-order valence-electron chi connectivity index (χ3n) is 5.02. The molecule has 0 aromatic heterocycles. The quantitative estimate of drug-likeness (QED) is 0.668. The van der Waals surface area contributed by atoms with Gasteiger partial charge in [-0.25, -0.2) is 0 Å². The molecule has 140 valence electrons. The second-order valence-corrected chi connectivity index (χ2v) is 7.30. The first kappa shape index (κ1) is 19.4. The number of ether oxygens (including phenoxy) is 1. The number of nitrogens with zero attached hydrogens (tertiary/aromatic N) is 1. The summed E-state index contributed by atoms with van der Waals surface area (Å²) in [4.78, 5) is 2.49. The first-order chi connectivity index (χ1) is 12.8. The Balaban J connectivity index is 1.46. The molecule has 0 aliphatic carbocycles. The van der Waals surface area contributed by atoms with Crippen LogP contribution in [0, 0.1) is 0 Å². The maximum atomic E-state index is 6.06. The monoisotopic (exact) mass is 372 g/mol. The zero-order chi connectivity index (χ0) is 18.0. The van der Waals surface area contributed by atoms with E-state index in [4.69, 9.17) is 16.3 Å². The molecule has 0 radical (unpaired) electrons. The Kier molecular flexibility index (Phi) is 7.96. The van der Waals surface area contributed by atoms with Gasteiger partial charge in [0.1, 0.15) is 0 Å². The van der Waals surface area contributed by atoms with E-state index in [-0.39, 0.29) is 0 Å². The van der Waals surface area contributed by atoms with Crippen molar-refractivity contribution in [1.29, 1.82) is 0 Å². The fraction of sp³-hybridized carbons (Fsp3) is 0.455. The van der Waals surface area contributed by atoms with Crippen LogP contribution in [0.3, 0.4) is 0 Å². The van der Waals surface area contributed by atoms with Gasteiger partial charge in [0.05, 0.1) is 13.2 Å². The van der Waals surface area contributed by atoms with E-state index in [0.717, 1.165) is 57.4 Å². The van der Waals surface area contributed by atoms with Gasteiger partial charge in [-0.3, -0.25) is 4.90 Å². The molecule has 1 N–H and O–H groups in total. The van der Waals surface area contributed by atoms with Gasteiger partial charge < -0.3 is 10.1 Å². The second-order valence-electron chi connectivity index (χ2n) is 6.86. The predicted octanol–water partition coefficient (Wildman–Crippen LogP) is 4.17. The highest BCUT2D eigenvalue weighted by molar-refractivity contribution is 6.30. The highest BCUT2D eigenvalue weighted by atomic mass is 35.5. The van der Waals surface area contributed by atoms with Crippen molar-refractivity contribution in [1.82, 2.24) is 10.2 Å². The van der Waals surface area contributed by atoms with E-state index in [0.29, 0.717) is 5.92 Å². The average molecular weight is 373 g/mol. The number of halogens is 1. The summed E-state index contributed by atoms with van der Waals surface area (Å²) in [6, 6.07) is 19.0. The Morgan fingerprint density at radius 2 is 1.62 bits per heavy atom. The molecule has 1 fully saturated rings. The van der Waals surface area contributed by atoms with Gasteiger partial charge in [-0.15, -0.1) is 0 Å². The summed E-state index contributed by atoms with van der Waals surface area (Å²) < 4.78 is 5.40. The lowest BCUT2D eigenvalue weighted by molar-refractivity contribution is 0.0374. The summed E-state index contributed by atoms with van der Waals surface area (Å²) in [6.07, 6.45) is 2.28. The minimum Gasteiger partial charge on any atom is -0.379 e. The fourth-order valence-corrected chi connectivity index (χ4v) is 3.66. The number of rotatable bonds is 9. The van der Waals surface area contributed by atoms with Crippen LogP contribution in [0.4, 0.5) is 0 Å². The maximum Gasteiger partial charge on any atom is 0.0594 e. The normalized spacial score (nSPS) is 16.5. The molecule has 0 saturated carbocycles. The Labute approximate surface area is 162 Å². The molecule has 2 aromatic carbocycles. The third kappa shape index (κ3) is 6.10. The van der Waals surface area contributed by atoms with E-state index in [1.54, 1.807) is 0 Å². The SMILES string of the molecule is Clc1ccc([C@@H](CCNCCCN2CCOCC2)c2ccccc2)cc1. The summed E-state index contributed by atoms with van der Waals surface area (Å²) in [7, 11) is 0. The zero-order valence-corrected chi connectivity index (χ0v) is 16.1. The van der Waals surface area contributed by atoms with Crippen molar-refractivity contribution in [3.8, 4) is 0 Å². The van der Waals surface area contributed by atoms with E-state index in [2.05, 4.69) is 52.7 Å². The molecule has 1 saturated heterocycles. The summed E-state index contributed by atoms with van der Waals surface area (Å²) in [5.74, 6) is 0.403. The van der Waals surface area contributed by atoms with E-state index in [1.807, 2.05) is 12.1 Å². The molecule has 0 amide bonds. The molecule has 1 atom stereocenters. The molecule has 1 aliphatic rings. The number of nitrogens with one attached hydrogen (secondary N) is 1. The zero-order valence-electron chi connectivity index (χ0n) is 15.4. The summed E-state index contributed by atoms with van der Waals surface area (Å²) in [6.45, 7) is 7.17. The predicted molar refractivity (Wildman–Crippen MR) is 109 cm³/mol. The van der Waals surface area contributed by atoms with Crippen LogP contribution in [0.5, 0.6) is 0 Å². The fourth-order valence-electron chi connectivity index (χ4n) is 3.53. The largest absolute Gasteiger partial charge is 0.379 e. The molecule has 0 bridgehead atoms. The van der Waals surface area contributed by atoms with Gasteiger partial charge in [-0.2, -0.15) is 0 Å². The molecular formula is C22H29ClN2O. The first-order valence-corrected chi connectivity index (χ1v) is 10.0. The highest BCUT2D eigenvalue weighted by Gasteiger charge is 2.14. The third-order valence-corrected chi connectivity index (χ3v) is 5.27. The lowest BCUT2D eigenvalue weighted by Crippen LogP contribution is -2.37. The van der Waals surface area contributed by atoms with E-state index < -0.39 is 0 Å². The van der Waals surface area contributed by atoms with Crippen LogP contribution in [0.25, 0.3) is 0 Å². The number of hydrogen-bond donors (Lipinski definition) is 1. The summed E-state index contributed by atoms with van der Waals surface area (Å²) in [5.41, 5.74) is 2.70. The minimum absolute atomic E-state index is 0.403. The highest BCUT2D eigenvalue weighted by Crippen LogP contribution is 2.28. The Hall–Kier alpha value is -1.39. The van der Waals surface area contributed by atoms with Crippen molar-refractivity contribution in [3.63, 3.8) is 0 Å². The van der Waals surface area contributed by atoms with Crippen molar-refractivity contribution < 1.29 is 4.74 Å². The number of benzene rings is 2. The number of morpholine rings is 1. The van der Waals surface area contributed by atoms with Gasteiger partial charge in [-0.05, 0) is 55.7 Å². The van der Waals surface area contributed by atoms with Crippen molar-refractivity contribution >= 4 is 11.6 Å². The smallest absolute Gasteiger partial charge is 0.0594 e. The van der Waals surface area contributed by atoms with Gasteiger partial charge in [0.15, 0.2) is 0 Å². The van der Waals surface area contributed by atoms with Crippen LogP contribution in [0.2, 0.25) is 5.02 Å². The lowest BCUT2D eigenvalue weighted by atomic mass is 9.88. The lowest BCUT2D eigenvalue weighted by Gasteiger charge is -2.26. The Morgan fingerprint density at radius 1 is 0.923 bits per heavy atom. The van der Waals surface area contributed by atoms with Crippen molar-refractivity contribution in [2.45, 2.75) is 18.8 Å². The van der Waals surface area contributed by atoms with Gasteiger partial charge >= 0.3 is 0 Å². The Morgan fingerprint density at radius 3 is 2.35 bits per heavy atom. The van der Waals surface area contributed by atoms with Crippen molar-refractivity contribution in [2.75, 3.05) is 45.9 Å². The Bertz CT molecular complexity index is 626. The standard InChI is InChI=1S/C22H29ClN2O/c23-21-9-7-20(8-10-21)22(19-5-2-1-3-6-19)11-13-24-12-4-14-25-15-17-26-18-16-25/h1-3,5-10,22,24H,4,11-18H2/t22-/m0/s1.